The van der Waals surface area contributed by atoms with Crippen LogP contribution >= 0.6 is 11.3 Å². The van der Waals surface area contributed by atoms with Crippen molar-refractivity contribution in [3.05, 3.63) is 53.3 Å². The van der Waals surface area contributed by atoms with E-state index in [4.69, 9.17) is 5.73 Å². The summed E-state index contributed by atoms with van der Waals surface area (Å²) in [7, 11) is 0. The van der Waals surface area contributed by atoms with E-state index in [0.717, 1.165) is 6.07 Å². The lowest BCUT2D eigenvalue weighted by Crippen LogP contribution is -2.49. The number of anilines is 1. The van der Waals surface area contributed by atoms with Crippen molar-refractivity contribution in [2.45, 2.75) is 12.7 Å². The Bertz CT molecular complexity index is 1030. The molecule has 0 spiro atoms. The molecular weight excluding hydrogens is 417 g/mol. The Balaban J connectivity index is 1.45. The third-order valence-corrected chi connectivity index (χ3v) is 5.75. The minimum absolute atomic E-state index is 0.156. The fraction of sp³-hybridized carbons (Fsp3) is 0.316. The molecule has 0 radical (unpaired) electrons. The summed E-state index contributed by atoms with van der Waals surface area (Å²) in [5.41, 5.74) is 5.99. The number of carbonyl (C=O) groups is 1. The van der Waals surface area contributed by atoms with Crippen LogP contribution in [-0.4, -0.2) is 56.8 Å². The number of nitrogen functional groups attached to an aromatic ring is 1. The minimum atomic E-state index is -4.46. The number of benzene rings is 1. The Labute approximate surface area is 174 Å². The van der Waals surface area contributed by atoms with Gasteiger partial charge in [-0.05, 0) is 11.6 Å². The zero-order chi connectivity index (χ0) is 21.3. The molecule has 3 aromatic rings. The van der Waals surface area contributed by atoms with Gasteiger partial charge in [0, 0.05) is 49.9 Å². The van der Waals surface area contributed by atoms with Gasteiger partial charge < -0.3 is 10.6 Å². The van der Waals surface area contributed by atoms with Crippen LogP contribution in [-0.2, 0) is 12.7 Å². The largest absolute Gasteiger partial charge is 0.416 e. The summed E-state index contributed by atoms with van der Waals surface area (Å²) in [6, 6.07) is 4.06. The maximum absolute atomic E-state index is 13.7. The number of hydrogen-bond donors (Lipinski definition) is 1. The monoisotopic (exact) mass is 436 g/mol. The Morgan fingerprint density at radius 3 is 2.57 bits per heavy atom. The molecule has 1 fully saturated rings. The molecule has 1 aliphatic rings. The van der Waals surface area contributed by atoms with Gasteiger partial charge in [0.05, 0.1) is 23.6 Å². The van der Waals surface area contributed by atoms with E-state index in [1.54, 1.807) is 22.5 Å². The molecule has 7 nitrogen and oxygen atoms in total. The first-order chi connectivity index (χ1) is 14.3. The van der Waals surface area contributed by atoms with Crippen molar-refractivity contribution in [1.29, 1.82) is 0 Å². The minimum Gasteiger partial charge on any atom is -0.396 e. The molecule has 0 atom stereocenters. The average Bonchev–Trinajstić information content (AvgIpc) is 3.39. The number of hydrogen-bond acceptors (Lipinski definition) is 6. The number of thiazole rings is 1. The van der Waals surface area contributed by atoms with Gasteiger partial charge in [0.25, 0.3) is 0 Å². The number of rotatable bonds is 3. The standard InChI is InChI=1S/C19H19F3N6OS/c20-19(21,22)16-9-13(17-24-3-8-30-17)1-2-14(16)11-26-4-6-27(7-5-26)18(29)28-12-15(23)10-25-28/h1-3,8-10,12H,4-7,11,23H2. The quantitative estimate of drug-likeness (QED) is 0.681. The van der Waals surface area contributed by atoms with Gasteiger partial charge in [0.15, 0.2) is 0 Å². The molecule has 0 bridgehead atoms. The molecule has 158 valence electrons. The number of halogens is 3. The van der Waals surface area contributed by atoms with E-state index in [1.165, 1.54) is 34.5 Å². The van der Waals surface area contributed by atoms with Gasteiger partial charge in [-0.1, -0.05) is 12.1 Å². The summed E-state index contributed by atoms with van der Waals surface area (Å²) in [4.78, 5) is 20.0. The fourth-order valence-electron chi connectivity index (χ4n) is 3.40. The molecule has 4 rings (SSSR count). The van der Waals surface area contributed by atoms with Crippen LogP contribution < -0.4 is 5.73 Å². The molecule has 3 heterocycles. The van der Waals surface area contributed by atoms with E-state index < -0.39 is 11.7 Å². The first-order valence-corrected chi connectivity index (χ1v) is 10.1. The molecule has 30 heavy (non-hydrogen) atoms. The molecule has 1 amide bonds. The number of amides is 1. The first-order valence-electron chi connectivity index (χ1n) is 9.23. The van der Waals surface area contributed by atoms with Crippen LogP contribution in [0.5, 0.6) is 0 Å². The Morgan fingerprint density at radius 1 is 1.20 bits per heavy atom. The van der Waals surface area contributed by atoms with Gasteiger partial charge in [-0.2, -0.15) is 23.0 Å². The zero-order valence-corrected chi connectivity index (χ0v) is 16.7. The summed E-state index contributed by atoms with van der Waals surface area (Å²) >= 11 is 1.30. The van der Waals surface area contributed by atoms with Crippen molar-refractivity contribution in [2.24, 2.45) is 0 Å². The topological polar surface area (TPSA) is 80.3 Å². The van der Waals surface area contributed by atoms with Crippen LogP contribution in [0.1, 0.15) is 11.1 Å². The second kappa shape index (κ2) is 8.07. The van der Waals surface area contributed by atoms with Gasteiger partial charge in [-0.25, -0.2) is 9.78 Å². The normalized spacial score (nSPS) is 15.5. The van der Waals surface area contributed by atoms with Crippen molar-refractivity contribution >= 4 is 23.1 Å². The number of piperazine rings is 1. The first kappa shape index (κ1) is 20.4. The summed E-state index contributed by atoms with van der Waals surface area (Å²) in [5, 5.41) is 6.19. The highest BCUT2D eigenvalue weighted by Crippen LogP contribution is 2.36. The second-order valence-corrected chi connectivity index (χ2v) is 7.87. The fourth-order valence-corrected chi connectivity index (χ4v) is 4.04. The summed E-state index contributed by atoms with van der Waals surface area (Å²) in [6.45, 7) is 1.89. The van der Waals surface area contributed by atoms with Crippen LogP contribution in [0.15, 0.2) is 42.2 Å². The summed E-state index contributed by atoms with van der Waals surface area (Å²) in [6.07, 6.45) is -0.0591. The molecule has 1 saturated heterocycles. The second-order valence-electron chi connectivity index (χ2n) is 6.97. The SMILES string of the molecule is Nc1cnn(C(=O)N2CCN(Cc3ccc(-c4nccs4)cc3C(F)(F)F)CC2)c1. The maximum atomic E-state index is 13.7. The molecule has 11 heteroatoms. The lowest BCUT2D eigenvalue weighted by atomic mass is 10.0. The third kappa shape index (κ3) is 4.31. The lowest BCUT2D eigenvalue weighted by molar-refractivity contribution is -0.138. The van der Waals surface area contributed by atoms with Crippen molar-refractivity contribution in [1.82, 2.24) is 24.6 Å². The van der Waals surface area contributed by atoms with Gasteiger partial charge in [0.1, 0.15) is 5.01 Å². The van der Waals surface area contributed by atoms with Gasteiger partial charge >= 0.3 is 12.2 Å². The van der Waals surface area contributed by atoms with Gasteiger partial charge in [0.2, 0.25) is 0 Å². The average molecular weight is 436 g/mol. The maximum Gasteiger partial charge on any atom is 0.416 e. The van der Waals surface area contributed by atoms with Crippen LogP contribution in [0.25, 0.3) is 10.6 Å². The van der Waals surface area contributed by atoms with E-state index in [1.807, 2.05) is 4.90 Å². The van der Waals surface area contributed by atoms with E-state index in [2.05, 4.69) is 10.1 Å². The smallest absolute Gasteiger partial charge is 0.396 e. The van der Waals surface area contributed by atoms with Crippen LogP contribution in [0.2, 0.25) is 0 Å². The highest BCUT2D eigenvalue weighted by Gasteiger charge is 2.34. The predicted octanol–water partition coefficient (Wildman–Crippen LogP) is 3.39. The van der Waals surface area contributed by atoms with Crippen LogP contribution in [0.3, 0.4) is 0 Å². The van der Waals surface area contributed by atoms with Crippen molar-refractivity contribution < 1.29 is 18.0 Å². The highest BCUT2D eigenvalue weighted by atomic mass is 32.1. The molecule has 1 aliphatic heterocycles. The Hall–Kier alpha value is -2.92. The Kier molecular flexibility index (Phi) is 5.48. The van der Waals surface area contributed by atoms with Crippen molar-refractivity contribution in [2.75, 3.05) is 31.9 Å². The highest BCUT2D eigenvalue weighted by molar-refractivity contribution is 7.13. The summed E-state index contributed by atoms with van der Waals surface area (Å²) in [5.74, 6) is 0. The zero-order valence-electron chi connectivity index (χ0n) is 15.8. The third-order valence-electron chi connectivity index (χ3n) is 4.93. The van der Waals surface area contributed by atoms with E-state index in [0.29, 0.717) is 42.4 Å². The number of carbonyl (C=O) groups excluding carboxylic acids is 1. The van der Waals surface area contributed by atoms with E-state index in [9.17, 15) is 18.0 Å². The Morgan fingerprint density at radius 2 is 1.97 bits per heavy atom. The molecule has 2 aromatic heterocycles. The molecule has 0 aliphatic carbocycles. The van der Waals surface area contributed by atoms with Crippen molar-refractivity contribution in [3.8, 4) is 10.6 Å². The predicted molar refractivity (Wildman–Crippen MR) is 107 cm³/mol. The summed E-state index contributed by atoms with van der Waals surface area (Å²) < 4.78 is 42.2. The van der Waals surface area contributed by atoms with Gasteiger partial charge in [-0.3, -0.25) is 4.90 Å². The van der Waals surface area contributed by atoms with Gasteiger partial charge in [-0.15, -0.1) is 11.3 Å². The van der Waals surface area contributed by atoms with E-state index in [-0.39, 0.29) is 18.1 Å². The molecule has 0 saturated carbocycles. The number of nitrogens with zero attached hydrogens (tertiary/aromatic N) is 5. The number of alkyl halides is 3. The molecular formula is C19H19F3N6OS. The molecule has 2 N–H and O–H groups in total. The van der Waals surface area contributed by atoms with E-state index >= 15 is 0 Å². The van der Waals surface area contributed by atoms with Crippen molar-refractivity contribution in [3.63, 3.8) is 0 Å². The lowest BCUT2D eigenvalue weighted by Gasteiger charge is -2.34. The van der Waals surface area contributed by atoms with Crippen LogP contribution in [0, 0.1) is 0 Å². The molecule has 1 aromatic carbocycles. The van der Waals surface area contributed by atoms with Crippen LogP contribution in [0.4, 0.5) is 23.7 Å². The number of aromatic nitrogens is 3. The molecule has 0 unspecified atom stereocenters. The number of nitrogens with two attached hydrogens (primary N) is 1.